The van der Waals surface area contributed by atoms with E-state index in [1.807, 2.05) is 19.1 Å². The van der Waals surface area contributed by atoms with Crippen molar-refractivity contribution in [1.29, 1.82) is 0 Å². The van der Waals surface area contributed by atoms with Crippen LogP contribution in [0, 0.1) is 12.8 Å². The van der Waals surface area contributed by atoms with Crippen LogP contribution in [0.3, 0.4) is 0 Å². The van der Waals surface area contributed by atoms with E-state index >= 15 is 0 Å². The Balaban J connectivity index is 1.64. The van der Waals surface area contributed by atoms with Gasteiger partial charge in [-0.1, -0.05) is 20.8 Å². The van der Waals surface area contributed by atoms with Crippen LogP contribution in [0.15, 0.2) is 12.1 Å². The molecule has 2 aromatic heterocycles. The molecular weight excluding hydrogens is 412 g/mol. The van der Waals surface area contributed by atoms with Crippen LogP contribution in [0.25, 0.3) is 5.65 Å². The molecule has 0 atom stereocenters. The fourth-order valence-electron chi connectivity index (χ4n) is 5.04. The van der Waals surface area contributed by atoms with Crippen molar-refractivity contribution in [2.24, 2.45) is 5.92 Å². The van der Waals surface area contributed by atoms with Crippen molar-refractivity contribution < 1.29 is 18.3 Å². The van der Waals surface area contributed by atoms with E-state index in [0.717, 1.165) is 42.0 Å². The first kappa shape index (κ1) is 23.1. The highest BCUT2D eigenvalue weighted by atomic mass is 19.3. The SMILES string of the molecule is Cc1cc(C(=O)NC2CCOCC2)cc2nc(C(C)(C)C)c(CC3CCC(F)(F)CC3)n12. The van der Waals surface area contributed by atoms with Crippen LogP contribution in [0.4, 0.5) is 8.78 Å². The highest BCUT2D eigenvalue weighted by molar-refractivity contribution is 5.95. The van der Waals surface area contributed by atoms with Gasteiger partial charge in [-0.2, -0.15) is 0 Å². The molecule has 1 saturated heterocycles. The number of pyridine rings is 1. The van der Waals surface area contributed by atoms with E-state index in [1.54, 1.807) is 0 Å². The number of amides is 1. The summed E-state index contributed by atoms with van der Waals surface area (Å²) in [7, 11) is 0. The molecule has 0 unspecified atom stereocenters. The first-order valence-corrected chi connectivity index (χ1v) is 11.8. The molecule has 5 nitrogen and oxygen atoms in total. The van der Waals surface area contributed by atoms with Crippen LogP contribution in [0.5, 0.6) is 0 Å². The molecule has 0 aromatic carbocycles. The van der Waals surface area contributed by atoms with E-state index in [2.05, 4.69) is 30.5 Å². The third-order valence-corrected chi connectivity index (χ3v) is 6.85. The molecule has 32 heavy (non-hydrogen) atoms. The number of carbonyl (C=O) groups is 1. The van der Waals surface area contributed by atoms with Crippen molar-refractivity contribution in [3.05, 3.63) is 34.8 Å². The summed E-state index contributed by atoms with van der Waals surface area (Å²) in [5.74, 6) is -2.38. The highest BCUT2D eigenvalue weighted by Gasteiger charge is 2.36. The summed E-state index contributed by atoms with van der Waals surface area (Å²) in [4.78, 5) is 17.9. The number of carbonyl (C=O) groups excluding carboxylic acids is 1. The zero-order valence-corrected chi connectivity index (χ0v) is 19.6. The fourth-order valence-corrected chi connectivity index (χ4v) is 5.04. The van der Waals surface area contributed by atoms with Crippen molar-refractivity contribution >= 4 is 11.6 Å². The van der Waals surface area contributed by atoms with Gasteiger partial charge in [0.1, 0.15) is 5.65 Å². The molecule has 1 aliphatic carbocycles. The van der Waals surface area contributed by atoms with E-state index in [0.29, 0.717) is 31.6 Å². The highest BCUT2D eigenvalue weighted by Crippen LogP contribution is 2.39. The van der Waals surface area contributed by atoms with Crippen LogP contribution >= 0.6 is 0 Å². The minimum absolute atomic E-state index is 0.0330. The Bertz CT molecular complexity index is 977. The number of aromatic nitrogens is 2. The summed E-state index contributed by atoms with van der Waals surface area (Å²) in [6.07, 6.45) is 3.40. The average molecular weight is 448 g/mol. The number of hydrogen-bond donors (Lipinski definition) is 1. The third-order valence-electron chi connectivity index (χ3n) is 6.85. The normalized spacial score (nSPS) is 20.6. The number of aryl methyl sites for hydroxylation is 1. The molecule has 1 saturated carbocycles. The van der Waals surface area contributed by atoms with Crippen LogP contribution in [0.1, 0.15) is 86.7 Å². The molecule has 4 rings (SSSR count). The lowest BCUT2D eigenvalue weighted by Gasteiger charge is -2.29. The summed E-state index contributed by atoms with van der Waals surface area (Å²) < 4.78 is 34.8. The van der Waals surface area contributed by atoms with Gasteiger partial charge in [0.05, 0.1) is 5.69 Å². The Hall–Kier alpha value is -2.02. The standard InChI is InChI=1S/C25H35F2N3O2/c1-16-13-18(23(31)28-19-7-11-32-12-8-19)15-21-29-22(24(2,3)4)20(30(16)21)14-17-5-9-25(26,27)10-6-17/h13,15,17,19H,5-12,14H2,1-4H3,(H,28,31). The minimum atomic E-state index is -2.52. The Kier molecular flexibility index (Phi) is 6.31. The van der Waals surface area contributed by atoms with Crippen LogP contribution in [-0.4, -0.2) is 40.5 Å². The van der Waals surface area contributed by atoms with E-state index in [9.17, 15) is 13.6 Å². The molecule has 0 bridgehead atoms. The molecule has 2 aliphatic rings. The number of nitrogens with zero attached hydrogens (tertiary/aromatic N) is 2. The number of hydrogen-bond acceptors (Lipinski definition) is 3. The summed E-state index contributed by atoms with van der Waals surface area (Å²) in [5.41, 5.74) is 4.20. The predicted octanol–water partition coefficient (Wildman–Crippen LogP) is 5.22. The molecule has 0 spiro atoms. The fraction of sp³-hybridized carbons (Fsp3) is 0.680. The van der Waals surface area contributed by atoms with E-state index in [4.69, 9.17) is 9.72 Å². The second-order valence-electron chi connectivity index (χ2n) is 10.6. The van der Waals surface area contributed by atoms with Gasteiger partial charge >= 0.3 is 0 Å². The van der Waals surface area contributed by atoms with Crippen LogP contribution in [-0.2, 0) is 16.6 Å². The van der Waals surface area contributed by atoms with Crippen molar-refractivity contribution in [3.8, 4) is 0 Å². The molecule has 0 radical (unpaired) electrons. The maximum absolute atomic E-state index is 13.7. The zero-order valence-electron chi connectivity index (χ0n) is 19.6. The smallest absolute Gasteiger partial charge is 0.251 e. The third kappa shape index (κ3) is 4.98. The Morgan fingerprint density at radius 1 is 1.19 bits per heavy atom. The number of rotatable bonds is 4. The Labute approximate surface area is 188 Å². The van der Waals surface area contributed by atoms with E-state index in [-0.39, 0.29) is 36.1 Å². The van der Waals surface area contributed by atoms with Gasteiger partial charge in [-0.05, 0) is 57.1 Å². The van der Waals surface area contributed by atoms with Gasteiger partial charge in [0.2, 0.25) is 5.92 Å². The van der Waals surface area contributed by atoms with Gasteiger partial charge in [0.15, 0.2) is 0 Å². The largest absolute Gasteiger partial charge is 0.381 e. The molecule has 3 heterocycles. The van der Waals surface area contributed by atoms with Gasteiger partial charge < -0.3 is 14.5 Å². The zero-order chi connectivity index (χ0) is 23.1. The molecule has 1 amide bonds. The quantitative estimate of drug-likeness (QED) is 0.699. The number of imidazole rings is 1. The van der Waals surface area contributed by atoms with Crippen molar-refractivity contribution in [2.45, 2.75) is 90.0 Å². The van der Waals surface area contributed by atoms with Gasteiger partial charge in [-0.3, -0.25) is 4.79 Å². The van der Waals surface area contributed by atoms with E-state index < -0.39 is 5.92 Å². The number of halogens is 2. The molecule has 176 valence electrons. The monoisotopic (exact) mass is 447 g/mol. The maximum atomic E-state index is 13.7. The number of fused-ring (bicyclic) bond motifs is 1. The number of nitrogens with one attached hydrogen (secondary N) is 1. The first-order valence-electron chi connectivity index (χ1n) is 11.8. The van der Waals surface area contributed by atoms with Crippen molar-refractivity contribution in [3.63, 3.8) is 0 Å². The molecular formula is C25H35F2N3O2. The summed E-state index contributed by atoms with van der Waals surface area (Å²) in [5, 5.41) is 3.13. The van der Waals surface area contributed by atoms with E-state index in [1.165, 1.54) is 0 Å². The second kappa shape index (κ2) is 8.73. The predicted molar refractivity (Wildman–Crippen MR) is 121 cm³/mol. The van der Waals surface area contributed by atoms with Crippen molar-refractivity contribution in [1.82, 2.24) is 14.7 Å². The Morgan fingerprint density at radius 2 is 1.84 bits per heavy atom. The molecule has 2 fully saturated rings. The van der Waals surface area contributed by atoms with Gasteiger partial charge in [0.25, 0.3) is 5.91 Å². The Morgan fingerprint density at radius 3 is 2.47 bits per heavy atom. The lowest BCUT2D eigenvalue weighted by molar-refractivity contribution is -0.0457. The second-order valence-corrected chi connectivity index (χ2v) is 10.6. The molecule has 1 N–H and O–H groups in total. The average Bonchev–Trinajstić information content (AvgIpc) is 3.09. The number of alkyl halides is 2. The van der Waals surface area contributed by atoms with Crippen LogP contribution in [0.2, 0.25) is 0 Å². The van der Waals surface area contributed by atoms with Gasteiger partial charge in [-0.15, -0.1) is 0 Å². The molecule has 2 aromatic rings. The molecule has 7 heteroatoms. The molecule has 1 aliphatic heterocycles. The van der Waals surface area contributed by atoms with Gasteiger partial charge in [-0.25, -0.2) is 13.8 Å². The number of ether oxygens (including phenoxy) is 1. The topological polar surface area (TPSA) is 55.6 Å². The minimum Gasteiger partial charge on any atom is -0.381 e. The van der Waals surface area contributed by atoms with Gasteiger partial charge in [0, 0.05) is 54.5 Å². The first-order chi connectivity index (χ1) is 15.0. The van der Waals surface area contributed by atoms with Crippen LogP contribution < -0.4 is 5.32 Å². The summed E-state index contributed by atoms with van der Waals surface area (Å²) in [6.45, 7) is 9.72. The van der Waals surface area contributed by atoms with Crippen molar-refractivity contribution in [2.75, 3.05) is 13.2 Å². The lowest BCUT2D eigenvalue weighted by atomic mass is 9.81. The summed E-state index contributed by atoms with van der Waals surface area (Å²) in [6, 6.07) is 3.90. The summed E-state index contributed by atoms with van der Waals surface area (Å²) >= 11 is 0. The lowest BCUT2D eigenvalue weighted by Crippen LogP contribution is -2.38. The maximum Gasteiger partial charge on any atom is 0.251 e.